The molecular weight excluding hydrogens is 277 g/mol. The van der Waals surface area contributed by atoms with Gasteiger partial charge in [0.15, 0.2) is 0 Å². The number of nitrogens with two attached hydrogens (primary N) is 1. The summed E-state index contributed by atoms with van der Waals surface area (Å²) in [6, 6.07) is 0. The molecule has 0 aliphatic rings. The van der Waals surface area contributed by atoms with Crippen LogP contribution in [-0.4, -0.2) is 30.2 Å². The van der Waals surface area contributed by atoms with Gasteiger partial charge in [0.1, 0.15) is 0 Å². The Morgan fingerprint density at radius 3 is 1.41 bits per heavy atom. The van der Waals surface area contributed by atoms with Crippen molar-refractivity contribution in [2.75, 3.05) is 0 Å². The van der Waals surface area contributed by atoms with E-state index >= 15 is 0 Å². The summed E-state index contributed by atoms with van der Waals surface area (Å²) in [6.07, 6.45) is -19.7. The lowest BCUT2D eigenvalue weighted by Gasteiger charge is -2.28. The minimum Gasteiger partial charge on any atom is -0.364 e. The highest BCUT2D eigenvalue weighted by Crippen LogP contribution is 2.45. The number of primary amides is 1. The molecule has 0 aromatic rings. The summed E-state index contributed by atoms with van der Waals surface area (Å²) in [6.45, 7) is 0. The number of carbonyl (C=O) groups is 1. The molecule has 0 bridgehead atoms. The molecule has 0 saturated heterocycles. The Hall–Kier alpha value is -1.20. The molecule has 0 unspecified atom stereocenters. The average molecular weight is 279 g/mol. The normalized spacial score (nSPS) is 14.9. The second kappa shape index (κ2) is 3.92. The molecule has 2 N–H and O–H groups in total. The maximum Gasteiger partial charge on any atom is 0.483 e. The number of alkyl halides is 9. The van der Waals surface area contributed by atoms with Gasteiger partial charge in [0.2, 0.25) is 0 Å². The molecule has 0 saturated carbocycles. The van der Waals surface area contributed by atoms with Gasteiger partial charge in [0.05, 0.1) is 0 Å². The van der Waals surface area contributed by atoms with Crippen molar-refractivity contribution in [3.63, 3.8) is 0 Å². The van der Waals surface area contributed by atoms with Crippen LogP contribution in [0.3, 0.4) is 0 Å². The first-order chi connectivity index (χ1) is 7.15. The monoisotopic (exact) mass is 279 g/mol. The van der Waals surface area contributed by atoms with Gasteiger partial charge in [-0.1, -0.05) is 0 Å². The fraction of sp³-hybridized carbons (Fsp3) is 0.800. The summed E-state index contributed by atoms with van der Waals surface area (Å²) in [5, 5.41) is 0. The molecule has 0 heterocycles. The molecule has 1 amide bonds. The van der Waals surface area contributed by atoms with Gasteiger partial charge in [-0.2, -0.15) is 39.5 Å². The van der Waals surface area contributed by atoms with Gasteiger partial charge in [-0.25, -0.2) is 4.74 Å². The standard InChI is InChI=1S/C5H2F9NO2/c6-2(7,1(15)16)4(11,12)17-5(13,14)3(8,9)10/h(H2,15,16). The summed E-state index contributed by atoms with van der Waals surface area (Å²) >= 11 is 0. The number of amides is 1. The van der Waals surface area contributed by atoms with E-state index in [1.54, 1.807) is 4.74 Å². The fourth-order valence-electron chi connectivity index (χ4n) is 0.426. The van der Waals surface area contributed by atoms with Crippen LogP contribution in [0.4, 0.5) is 39.5 Å². The molecule has 0 rings (SSSR count). The van der Waals surface area contributed by atoms with Crippen LogP contribution in [-0.2, 0) is 9.53 Å². The summed E-state index contributed by atoms with van der Waals surface area (Å²) < 4.78 is 108. The zero-order chi connectivity index (χ0) is 14.3. The molecule has 102 valence electrons. The van der Waals surface area contributed by atoms with Crippen molar-refractivity contribution in [2.45, 2.75) is 24.3 Å². The van der Waals surface area contributed by atoms with Crippen LogP contribution in [0.25, 0.3) is 0 Å². The largest absolute Gasteiger partial charge is 0.483 e. The molecular formula is C5H2F9NO2. The molecule has 0 atom stereocenters. The van der Waals surface area contributed by atoms with E-state index in [2.05, 4.69) is 5.73 Å². The van der Waals surface area contributed by atoms with E-state index in [0.717, 1.165) is 0 Å². The first-order valence-electron chi connectivity index (χ1n) is 3.35. The number of hydrogen-bond donors (Lipinski definition) is 1. The minimum absolute atomic E-state index is 1.67. The van der Waals surface area contributed by atoms with Gasteiger partial charge in [0.25, 0.3) is 5.91 Å². The number of ether oxygens (including phenoxy) is 1. The summed E-state index contributed by atoms with van der Waals surface area (Å²) in [4.78, 5) is 9.79. The SMILES string of the molecule is NC(=O)C(F)(F)C(F)(F)OC(F)(F)C(F)(F)F. The molecule has 0 aliphatic heterocycles. The average Bonchev–Trinajstić information content (AvgIpc) is 1.98. The zero-order valence-electron chi connectivity index (χ0n) is 7.30. The third-order valence-electron chi connectivity index (χ3n) is 1.26. The maximum atomic E-state index is 12.2. The van der Waals surface area contributed by atoms with Crippen LogP contribution < -0.4 is 5.73 Å². The van der Waals surface area contributed by atoms with Gasteiger partial charge in [-0.05, 0) is 0 Å². The quantitative estimate of drug-likeness (QED) is 0.799. The van der Waals surface area contributed by atoms with Gasteiger partial charge in [0, 0.05) is 0 Å². The van der Waals surface area contributed by atoms with Crippen molar-refractivity contribution >= 4 is 5.91 Å². The Kier molecular flexibility index (Phi) is 3.65. The van der Waals surface area contributed by atoms with Crippen molar-refractivity contribution < 1.29 is 49.0 Å². The number of halogens is 9. The van der Waals surface area contributed by atoms with Gasteiger partial charge in [-0.15, -0.1) is 0 Å². The summed E-state index contributed by atoms with van der Waals surface area (Å²) in [5.74, 6) is -9.15. The molecule has 0 spiro atoms. The molecule has 0 aliphatic carbocycles. The van der Waals surface area contributed by atoms with Crippen LogP contribution >= 0.6 is 0 Å². The summed E-state index contributed by atoms with van der Waals surface area (Å²) in [5.41, 5.74) is 3.71. The van der Waals surface area contributed by atoms with Crippen molar-refractivity contribution in [1.82, 2.24) is 0 Å². The Morgan fingerprint density at radius 1 is 0.824 bits per heavy atom. The van der Waals surface area contributed by atoms with Crippen molar-refractivity contribution in [3.8, 4) is 0 Å². The highest BCUT2D eigenvalue weighted by Gasteiger charge is 2.72. The molecule has 3 nitrogen and oxygen atoms in total. The Labute approximate surface area is 86.3 Å². The third kappa shape index (κ3) is 2.92. The van der Waals surface area contributed by atoms with E-state index in [0.29, 0.717) is 0 Å². The van der Waals surface area contributed by atoms with Crippen LogP contribution in [0.2, 0.25) is 0 Å². The lowest BCUT2D eigenvalue weighted by atomic mass is 10.3. The van der Waals surface area contributed by atoms with Crippen LogP contribution in [0, 0.1) is 0 Å². The second-order valence-corrected chi connectivity index (χ2v) is 2.57. The first kappa shape index (κ1) is 15.8. The highest BCUT2D eigenvalue weighted by molar-refractivity contribution is 5.82. The van der Waals surface area contributed by atoms with Crippen LogP contribution in [0.5, 0.6) is 0 Å². The predicted molar refractivity (Wildman–Crippen MR) is 31.2 cm³/mol. The predicted octanol–water partition coefficient (Wildman–Crippen LogP) is 1.87. The van der Waals surface area contributed by atoms with Crippen molar-refractivity contribution in [3.05, 3.63) is 0 Å². The van der Waals surface area contributed by atoms with Crippen LogP contribution in [0.1, 0.15) is 0 Å². The van der Waals surface area contributed by atoms with E-state index < -0.39 is 30.2 Å². The summed E-state index contributed by atoms with van der Waals surface area (Å²) in [7, 11) is 0. The number of hydrogen-bond acceptors (Lipinski definition) is 2. The van der Waals surface area contributed by atoms with E-state index in [4.69, 9.17) is 0 Å². The van der Waals surface area contributed by atoms with Gasteiger partial charge in [-0.3, -0.25) is 4.79 Å². The molecule has 17 heavy (non-hydrogen) atoms. The van der Waals surface area contributed by atoms with Crippen molar-refractivity contribution in [2.24, 2.45) is 5.73 Å². The fourth-order valence-corrected chi connectivity index (χ4v) is 0.426. The minimum atomic E-state index is -6.66. The van der Waals surface area contributed by atoms with E-state index in [-0.39, 0.29) is 0 Å². The van der Waals surface area contributed by atoms with E-state index in [9.17, 15) is 44.3 Å². The maximum absolute atomic E-state index is 12.2. The Morgan fingerprint density at radius 2 is 1.18 bits per heavy atom. The highest BCUT2D eigenvalue weighted by atomic mass is 19.4. The lowest BCUT2D eigenvalue weighted by molar-refractivity contribution is -0.480. The lowest BCUT2D eigenvalue weighted by Crippen LogP contribution is -2.57. The smallest absolute Gasteiger partial charge is 0.364 e. The Bertz CT molecular complexity index is 309. The zero-order valence-corrected chi connectivity index (χ0v) is 7.30. The number of rotatable bonds is 4. The Balaban J connectivity index is 5.20. The van der Waals surface area contributed by atoms with Gasteiger partial charge < -0.3 is 5.73 Å². The molecule has 0 radical (unpaired) electrons. The van der Waals surface area contributed by atoms with E-state index in [1.165, 1.54) is 0 Å². The van der Waals surface area contributed by atoms with E-state index in [1.807, 2.05) is 0 Å². The molecule has 0 aromatic heterocycles. The van der Waals surface area contributed by atoms with Crippen molar-refractivity contribution in [1.29, 1.82) is 0 Å². The van der Waals surface area contributed by atoms with Gasteiger partial charge >= 0.3 is 24.3 Å². The molecule has 0 fully saturated rings. The third-order valence-corrected chi connectivity index (χ3v) is 1.26. The molecule has 12 heteroatoms. The topological polar surface area (TPSA) is 52.3 Å². The molecule has 0 aromatic carbocycles. The van der Waals surface area contributed by atoms with Crippen LogP contribution in [0.15, 0.2) is 0 Å². The first-order valence-corrected chi connectivity index (χ1v) is 3.35. The second-order valence-electron chi connectivity index (χ2n) is 2.57. The number of carbonyl (C=O) groups excluding carboxylic acids is 1.